The van der Waals surface area contributed by atoms with Crippen molar-refractivity contribution in [3.8, 4) is 12.3 Å². The van der Waals surface area contributed by atoms with Crippen molar-refractivity contribution < 1.29 is 4.79 Å². The SMILES string of the molecule is C#CC(CCC)NC(=O)c1ccc(SC)cc1. The van der Waals surface area contributed by atoms with Crippen LogP contribution in [0.2, 0.25) is 0 Å². The fourth-order valence-corrected chi connectivity index (χ4v) is 1.88. The smallest absolute Gasteiger partial charge is 0.252 e. The molecule has 1 atom stereocenters. The highest BCUT2D eigenvalue weighted by molar-refractivity contribution is 7.98. The molecule has 0 aromatic heterocycles. The zero-order valence-corrected chi connectivity index (χ0v) is 11.0. The first kappa shape index (κ1) is 13.7. The molecular weight excluding hydrogens is 230 g/mol. The van der Waals surface area contributed by atoms with Gasteiger partial charge in [-0.25, -0.2) is 0 Å². The zero-order chi connectivity index (χ0) is 12.7. The second-order valence-corrected chi connectivity index (χ2v) is 4.59. The number of carbonyl (C=O) groups excluding carboxylic acids is 1. The van der Waals surface area contributed by atoms with Crippen LogP contribution >= 0.6 is 11.8 Å². The maximum absolute atomic E-state index is 11.9. The molecule has 1 unspecified atom stereocenters. The second-order valence-electron chi connectivity index (χ2n) is 3.71. The molecule has 2 nitrogen and oxygen atoms in total. The van der Waals surface area contributed by atoms with Crippen molar-refractivity contribution in [3.63, 3.8) is 0 Å². The Kier molecular flexibility index (Phi) is 5.65. The molecule has 3 heteroatoms. The molecule has 1 aromatic carbocycles. The van der Waals surface area contributed by atoms with Gasteiger partial charge in [-0.2, -0.15) is 0 Å². The van der Waals surface area contributed by atoms with Crippen molar-refractivity contribution >= 4 is 17.7 Å². The van der Waals surface area contributed by atoms with Crippen molar-refractivity contribution in [1.82, 2.24) is 5.32 Å². The maximum atomic E-state index is 11.9. The highest BCUT2D eigenvalue weighted by atomic mass is 32.2. The van der Waals surface area contributed by atoms with Crippen LogP contribution < -0.4 is 5.32 Å². The molecule has 1 N–H and O–H groups in total. The van der Waals surface area contributed by atoms with E-state index < -0.39 is 0 Å². The molecule has 1 aromatic rings. The van der Waals surface area contributed by atoms with E-state index >= 15 is 0 Å². The topological polar surface area (TPSA) is 29.1 Å². The summed E-state index contributed by atoms with van der Waals surface area (Å²) in [6.07, 6.45) is 9.14. The predicted octanol–water partition coefficient (Wildman–Crippen LogP) is 2.94. The monoisotopic (exact) mass is 247 g/mol. The number of carbonyl (C=O) groups is 1. The fraction of sp³-hybridized carbons (Fsp3) is 0.357. The van der Waals surface area contributed by atoms with Crippen molar-refractivity contribution in [3.05, 3.63) is 29.8 Å². The molecule has 1 rings (SSSR count). The van der Waals surface area contributed by atoms with Crippen LogP contribution in [0.15, 0.2) is 29.2 Å². The lowest BCUT2D eigenvalue weighted by Gasteiger charge is -2.12. The number of hydrogen-bond acceptors (Lipinski definition) is 2. The van der Waals surface area contributed by atoms with E-state index in [9.17, 15) is 4.79 Å². The van der Waals surface area contributed by atoms with Gasteiger partial charge in [-0.1, -0.05) is 19.3 Å². The first-order valence-electron chi connectivity index (χ1n) is 5.62. The molecule has 0 bridgehead atoms. The molecule has 0 radical (unpaired) electrons. The summed E-state index contributed by atoms with van der Waals surface area (Å²) in [4.78, 5) is 13.0. The van der Waals surface area contributed by atoms with Crippen LogP contribution in [0.3, 0.4) is 0 Å². The molecule has 0 fully saturated rings. The summed E-state index contributed by atoms with van der Waals surface area (Å²) in [5.74, 6) is 2.49. The van der Waals surface area contributed by atoms with E-state index in [0.717, 1.165) is 17.7 Å². The van der Waals surface area contributed by atoms with E-state index in [-0.39, 0.29) is 11.9 Å². The molecule has 0 spiro atoms. The molecule has 0 aliphatic carbocycles. The van der Waals surface area contributed by atoms with Crippen LogP contribution in [0.4, 0.5) is 0 Å². The van der Waals surface area contributed by atoms with Gasteiger partial charge in [-0.3, -0.25) is 4.79 Å². The van der Waals surface area contributed by atoms with E-state index in [1.807, 2.05) is 37.4 Å². The van der Waals surface area contributed by atoms with E-state index in [2.05, 4.69) is 11.2 Å². The summed E-state index contributed by atoms with van der Waals surface area (Å²) in [6, 6.07) is 7.34. The Morgan fingerprint density at radius 3 is 2.59 bits per heavy atom. The highest BCUT2D eigenvalue weighted by Gasteiger charge is 2.10. The quantitative estimate of drug-likeness (QED) is 0.640. The van der Waals surface area contributed by atoms with Gasteiger partial charge in [0.2, 0.25) is 0 Å². The Morgan fingerprint density at radius 1 is 1.47 bits per heavy atom. The lowest BCUT2D eigenvalue weighted by atomic mass is 10.1. The average molecular weight is 247 g/mol. The van der Waals surface area contributed by atoms with Gasteiger partial charge in [0.1, 0.15) is 0 Å². The number of amides is 1. The highest BCUT2D eigenvalue weighted by Crippen LogP contribution is 2.14. The second kappa shape index (κ2) is 7.03. The predicted molar refractivity (Wildman–Crippen MR) is 73.2 cm³/mol. The third-order valence-electron chi connectivity index (χ3n) is 2.44. The molecule has 0 saturated carbocycles. The number of hydrogen-bond donors (Lipinski definition) is 1. The number of rotatable bonds is 5. The number of nitrogens with one attached hydrogen (secondary N) is 1. The summed E-state index contributed by atoms with van der Waals surface area (Å²) in [5, 5.41) is 2.84. The van der Waals surface area contributed by atoms with Gasteiger partial charge in [0.15, 0.2) is 0 Å². The average Bonchev–Trinajstić information content (AvgIpc) is 2.38. The Balaban J connectivity index is 2.66. The van der Waals surface area contributed by atoms with Crippen LogP contribution in [0.1, 0.15) is 30.1 Å². The van der Waals surface area contributed by atoms with E-state index in [0.29, 0.717) is 5.56 Å². The van der Waals surface area contributed by atoms with Crippen molar-refractivity contribution in [2.45, 2.75) is 30.7 Å². The molecule has 0 aliphatic rings. The number of benzene rings is 1. The van der Waals surface area contributed by atoms with E-state index in [1.165, 1.54) is 0 Å². The van der Waals surface area contributed by atoms with Gasteiger partial charge in [0, 0.05) is 10.5 Å². The summed E-state index contributed by atoms with van der Waals surface area (Å²) >= 11 is 1.65. The third-order valence-corrected chi connectivity index (χ3v) is 3.18. The van der Waals surface area contributed by atoms with Crippen LogP contribution in [-0.2, 0) is 0 Å². The Labute approximate surface area is 107 Å². The van der Waals surface area contributed by atoms with Gasteiger partial charge < -0.3 is 5.32 Å². The molecular formula is C14H17NOS. The van der Waals surface area contributed by atoms with Gasteiger partial charge in [-0.05, 0) is 36.9 Å². The fourth-order valence-electron chi connectivity index (χ4n) is 1.47. The van der Waals surface area contributed by atoms with E-state index in [4.69, 9.17) is 6.42 Å². The molecule has 0 aliphatic heterocycles. The minimum atomic E-state index is -0.173. The van der Waals surface area contributed by atoms with E-state index in [1.54, 1.807) is 11.8 Å². The Hall–Kier alpha value is -1.40. The third kappa shape index (κ3) is 4.16. The van der Waals surface area contributed by atoms with Crippen LogP contribution in [-0.4, -0.2) is 18.2 Å². The van der Waals surface area contributed by atoms with Crippen molar-refractivity contribution in [1.29, 1.82) is 0 Å². The standard InChI is InChI=1S/C14H17NOS/c1-4-6-12(5-2)15-14(16)11-7-9-13(17-3)10-8-11/h2,7-10,12H,4,6H2,1,3H3,(H,15,16). The Morgan fingerprint density at radius 2 is 2.12 bits per heavy atom. The van der Waals surface area contributed by atoms with Gasteiger partial charge in [-0.15, -0.1) is 18.2 Å². The normalized spacial score (nSPS) is 11.6. The molecule has 0 saturated heterocycles. The first-order valence-corrected chi connectivity index (χ1v) is 6.84. The Bertz CT molecular complexity index is 405. The molecule has 1 amide bonds. The lowest BCUT2D eigenvalue weighted by molar-refractivity contribution is 0.0944. The van der Waals surface area contributed by atoms with Gasteiger partial charge in [0.25, 0.3) is 5.91 Å². The molecule has 90 valence electrons. The summed E-state index contributed by atoms with van der Waals surface area (Å²) in [5.41, 5.74) is 0.652. The lowest BCUT2D eigenvalue weighted by Crippen LogP contribution is -2.33. The van der Waals surface area contributed by atoms with Crippen LogP contribution in [0, 0.1) is 12.3 Å². The first-order chi connectivity index (χ1) is 8.21. The number of terminal acetylenes is 1. The zero-order valence-electron chi connectivity index (χ0n) is 10.2. The largest absolute Gasteiger partial charge is 0.338 e. The van der Waals surface area contributed by atoms with Crippen molar-refractivity contribution in [2.75, 3.05) is 6.26 Å². The summed E-state index contributed by atoms with van der Waals surface area (Å²) in [7, 11) is 0. The minimum absolute atomic E-state index is 0.103. The van der Waals surface area contributed by atoms with Crippen LogP contribution in [0.25, 0.3) is 0 Å². The minimum Gasteiger partial charge on any atom is -0.338 e. The summed E-state index contributed by atoms with van der Waals surface area (Å²) in [6.45, 7) is 2.05. The van der Waals surface area contributed by atoms with Crippen LogP contribution in [0.5, 0.6) is 0 Å². The molecule has 0 heterocycles. The maximum Gasteiger partial charge on any atom is 0.252 e. The summed E-state index contributed by atoms with van der Waals surface area (Å²) < 4.78 is 0. The number of thioether (sulfide) groups is 1. The molecule has 17 heavy (non-hydrogen) atoms. The van der Waals surface area contributed by atoms with Gasteiger partial charge >= 0.3 is 0 Å². The van der Waals surface area contributed by atoms with Gasteiger partial charge in [0.05, 0.1) is 6.04 Å². The van der Waals surface area contributed by atoms with Crippen molar-refractivity contribution in [2.24, 2.45) is 0 Å².